The molecule has 0 unspecified atom stereocenters. The van der Waals surface area contributed by atoms with Crippen LogP contribution in [0.4, 0.5) is 0 Å². The molecular formula is C48H29N7O3. The Morgan fingerprint density at radius 3 is 1.74 bits per heavy atom. The number of fused-ring (bicyclic) bond motifs is 6. The largest absolute Gasteiger partial charge is 0.456 e. The smallest absolute Gasteiger partial charge is 0.359 e. The quantitative estimate of drug-likeness (QED) is 0.166. The number of hydrogen-bond acceptors (Lipinski definition) is 7. The van der Waals surface area contributed by atoms with Crippen LogP contribution in [-0.4, -0.2) is 33.5 Å². The normalized spacial score (nSPS) is 11.6. The number of nitrogens with zero attached hydrogens (tertiary/aromatic N) is 7. The fraction of sp³-hybridized carbons (Fsp3) is 0. The standard InChI is InChI=1S/C48H29N7O3/c56-47-52-46-53(34-19-8-3-9-20-34)38-23-10-11-24-39(38)55(46)48(57)54(47)35-21-12-18-32(28-35)33-26-27-40-37(29-33)42-36(22-13-25-41(42)58-40)45-50-43(30-14-4-1-5-15-30)49-44(51-45)31-16-6-2-7-17-31/h1-29H. The Kier molecular flexibility index (Phi) is 7.54. The van der Waals surface area contributed by atoms with Crippen molar-refractivity contribution in [2.45, 2.75) is 0 Å². The molecule has 0 aliphatic heterocycles. The Labute approximate surface area is 329 Å². The van der Waals surface area contributed by atoms with Crippen LogP contribution in [0, 0.1) is 0 Å². The molecule has 0 atom stereocenters. The minimum Gasteiger partial charge on any atom is -0.456 e. The lowest BCUT2D eigenvalue weighted by atomic mass is 10.00. The molecule has 0 aliphatic rings. The summed E-state index contributed by atoms with van der Waals surface area (Å²) in [5.41, 5.74) is 7.01. The van der Waals surface area contributed by atoms with Gasteiger partial charge in [-0.15, -0.1) is 0 Å². The third-order valence-corrected chi connectivity index (χ3v) is 10.4. The molecule has 0 aliphatic carbocycles. The average molecular weight is 752 g/mol. The highest BCUT2D eigenvalue weighted by Crippen LogP contribution is 2.38. The molecule has 11 rings (SSSR count). The molecule has 4 heterocycles. The van der Waals surface area contributed by atoms with Crippen LogP contribution in [0.1, 0.15) is 0 Å². The number of imidazole rings is 1. The summed E-state index contributed by atoms with van der Waals surface area (Å²) in [5.74, 6) is 1.89. The number of aromatic nitrogens is 7. The summed E-state index contributed by atoms with van der Waals surface area (Å²) in [4.78, 5) is 47.6. The molecule has 0 spiro atoms. The van der Waals surface area contributed by atoms with Crippen molar-refractivity contribution >= 4 is 38.7 Å². The maximum Gasteiger partial charge on any atom is 0.359 e. The van der Waals surface area contributed by atoms with Crippen LogP contribution in [0.3, 0.4) is 0 Å². The SMILES string of the molecule is O=c1nc2n(-c3ccccc3)c3ccccc3n2c(=O)n1-c1cccc(-c2ccc3oc4cccc(-c5nc(-c6ccccc6)nc(-c6ccccc6)n5)c4c3c2)c1. The second-order valence-corrected chi connectivity index (χ2v) is 13.9. The molecule has 11 aromatic rings. The third-order valence-electron chi connectivity index (χ3n) is 10.4. The molecule has 274 valence electrons. The summed E-state index contributed by atoms with van der Waals surface area (Å²) >= 11 is 0. The van der Waals surface area contributed by atoms with Gasteiger partial charge in [-0.25, -0.2) is 33.5 Å². The summed E-state index contributed by atoms with van der Waals surface area (Å²) in [6, 6.07) is 56.1. The first-order valence-corrected chi connectivity index (χ1v) is 18.7. The minimum atomic E-state index is -0.676. The predicted molar refractivity (Wildman–Crippen MR) is 226 cm³/mol. The van der Waals surface area contributed by atoms with Gasteiger partial charge in [0.1, 0.15) is 11.2 Å². The molecule has 0 amide bonds. The van der Waals surface area contributed by atoms with Crippen molar-refractivity contribution in [3.05, 3.63) is 197 Å². The van der Waals surface area contributed by atoms with E-state index < -0.39 is 11.4 Å². The lowest BCUT2D eigenvalue weighted by Crippen LogP contribution is -2.38. The van der Waals surface area contributed by atoms with Gasteiger partial charge < -0.3 is 4.42 Å². The average Bonchev–Trinajstić information content (AvgIpc) is 3.83. The molecule has 0 radical (unpaired) electrons. The highest BCUT2D eigenvalue weighted by Gasteiger charge is 2.21. The lowest BCUT2D eigenvalue weighted by molar-refractivity contribution is 0.669. The molecule has 58 heavy (non-hydrogen) atoms. The van der Waals surface area contributed by atoms with Gasteiger partial charge in [0.15, 0.2) is 17.5 Å². The van der Waals surface area contributed by atoms with Gasteiger partial charge in [0, 0.05) is 33.2 Å². The first-order valence-electron chi connectivity index (χ1n) is 18.7. The fourth-order valence-electron chi connectivity index (χ4n) is 7.76. The summed E-state index contributed by atoms with van der Waals surface area (Å²) in [7, 11) is 0. The van der Waals surface area contributed by atoms with E-state index >= 15 is 0 Å². The van der Waals surface area contributed by atoms with E-state index in [1.165, 1.54) is 4.40 Å². The summed E-state index contributed by atoms with van der Waals surface area (Å²) in [6.45, 7) is 0. The van der Waals surface area contributed by atoms with Gasteiger partial charge in [0.2, 0.25) is 5.78 Å². The van der Waals surface area contributed by atoms with Crippen molar-refractivity contribution in [1.29, 1.82) is 0 Å². The fourth-order valence-corrected chi connectivity index (χ4v) is 7.76. The van der Waals surface area contributed by atoms with Gasteiger partial charge in [0.25, 0.3) is 0 Å². The molecule has 0 N–H and O–H groups in total. The van der Waals surface area contributed by atoms with Gasteiger partial charge >= 0.3 is 11.4 Å². The van der Waals surface area contributed by atoms with E-state index in [1.54, 1.807) is 6.07 Å². The Morgan fingerprint density at radius 2 is 1.02 bits per heavy atom. The summed E-state index contributed by atoms with van der Waals surface area (Å²) in [6.07, 6.45) is 0. The maximum atomic E-state index is 14.4. The second kappa shape index (κ2) is 13.2. The number of furan rings is 1. The van der Waals surface area contributed by atoms with Gasteiger partial charge in [0.05, 0.1) is 16.7 Å². The van der Waals surface area contributed by atoms with Crippen LogP contribution >= 0.6 is 0 Å². The van der Waals surface area contributed by atoms with Crippen molar-refractivity contribution in [3.8, 4) is 56.7 Å². The second-order valence-electron chi connectivity index (χ2n) is 13.9. The molecule has 7 aromatic carbocycles. The topological polar surface area (TPSA) is 113 Å². The highest BCUT2D eigenvalue weighted by molar-refractivity contribution is 6.12. The zero-order valence-electron chi connectivity index (χ0n) is 30.6. The Hall–Kier alpha value is -8.24. The monoisotopic (exact) mass is 751 g/mol. The van der Waals surface area contributed by atoms with Crippen molar-refractivity contribution in [2.24, 2.45) is 0 Å². The predicted octanol–water partition coefficient (Wildman–Crippen LogP) is 9.54. The van der Waals surface area contributed by atoms with Gasteiger partial charge in [-0.2, -0.15) is 4.98 Å². The van der Waals surface area contributed by atoms with Crippen LogP contribution in [-0.2, 0) is 0 Å². The van der Waals surface area contributed by atoms with Crippen molar-refractivity contribution in [3.63, 3.8) is 0 Å². The van der Waals surface area contributed by atoms with Gasteiger partial charge in [-0.05, 0) is 65.7 Å². The Bertz CT molecular complexity index is 3440. The van der Waals surface area contributed by atoms with E-state index in [0.717, 1.165) is 54.4 Å². The minimum absolute atomic E-state index is 0.243. The van der Waals surface area contributed by atoms with Crippen LogP contribution in [0.15, 0.2) is 190 Å². The van der Waals surface area contributed by atoms with Crippen molar-refractivity contribution < 1.29 is 4.42 Å². The molecule has 0 saturated heterocycles. The molecule has 0 bridgehead atoms. The molecular weight excluding hydrogens is 723 g/mol. The van der Waals surface area contributed by atoms with Gasteiger partial charge in [-0.3, -0.25) is 4.57 Å². The maximum absolute atomic E-state index is 14.4. The lowest BCUT2D eigenvalue weighted by Gasteiger charge is -2.10. The third kappa shape index (κ3) is 5.35. The molecule has 10 nitrogen and oxygen atoms in total. The van der Waals surface area contributed by atoms with E-state index in [2.05, 4.69) is 11.1 Å². The van der Waals surface area contributed by atoms with Gasteiger partial charge in [-0.1, -0.05) is 121 Å². The van der Waals surface area contributed by atoms with E-state index in [-0.39, 0.29) is 5.78 Å². The molecule has 0 saturated carbocycles. The molecule has 10 heteroatoms. The van der Waals surface area contributed by atoms with Crippen LogP contribution < -0.4 is 11.4 Å². The van der Waals surface area contributed by atoms with Crippen molar-refractivity contribution in [2.75, 3.05) is 0 Å². The Morgan fingerprint density at radius 1 is 0.431 bits per heavy atom. The first-order chi connectivity index (χ1) is 28.6. The number of para-hydroxylation sites is 3. The van der Waals surface area contributed by atoms with E-state index in [9.17, 15) is 9.59 Å². The number of benzene rings is 7. The zero-order chi connectivity index (χ0) is 38.7. The summed E-state index contributed by atoms with van der Waals surface area (Å²) < 4.78 is 10.8. The molecule has 0 fully saturated rings. The van der Waals surface area contributed by atoms with E-state index in [1.807, 2.05) is 168 Å². The van der Waals surface area contributed by atoms with E-state index in [4.69, 9.17) is 19.4 Å². The number of rotatable bonds is 6. The van der Waals surface area contributed by atoms with Crippen molar-refractivity contribution in [1.82, 2.24) is 33.5 Å². The number of hydrogen-bond donors (Lipinski definition) is 0. The van der Waals surface area contributed by atoms with Crippen LogP contribution in [0.5, 0.6) is 0 Å². The molecule has 4 aromatic heterocycles. The Balaban J connectivity index is 1.06. The van der Waals surface area contributed by atoms with Crippen LogP contribution in [0.2, 0.25) is 0 Å². The first kappa shape index (κ1) is 33.1. The summed E-state index contributed by atoms with van der Waals surface area (Å²) in [5, 5.41) is 1.73. The highest BCUT2D eigenvalue weighted by atomic mass is 16.3. The van der Waals surface area contributed by atoms with Crippen LogP contribution in [0.25, 0.3) is 95.4 Å². The van der Waals surface area contributed by atoms with E-state index in [0.29, 0.717) is 39.8 Å². The zero-order valence-corrected chi connectivity index (χ0v) is 30.6.